The van der Waals surface area contributed by atoms with Gasteiger partial charge in [-0.2, -0.15) is 5.10 Å². The molecule has 2 heterocycles. The largest absolute Gasteiger partial charge is 0.327 e. The summed E-state index contributed by atoms with van der Waals surface area (Å²) < 4.78 is 1.65. The van der Waals surface area contributed by atoms with E-state index < -0.39 is 0 Å². The number of halogens is 1. The molecule has 7 heteroatoms. The van der Waals surface area contributed by atoms with Crippen LogP contribution in [0.5, 0.6) is 0 Å². The van der Waals surface area contributed by atoms with Crippen LogP contribution in [-0.4, -0.2) is 20.8 Å². The summed E-state index contributed by atoms with van der Waals surface area (Å²) in [6.07, 6.45) is 1.70. The number of hydrogen-bond acceptors (Lipinski definition) is 3. The third-order valence-corrected chi connectivity index (χ3v) is 5.12. The second-order valence-electron chi connectivity index (χ2n) is 6.50. The zero-order valence-corrected chi connectivity index (χ0v) is 16.9. The first kappa shape index (κ1) is 18.4. The lowest BCUT2D eigenvalue weighted by molar-refractivity contribution is -0.113. The molecule has 2 aromatic carbocycles. The molecule has 4 rings (SSSR count). The van der Waals surface area contributed by atoms with Gasteiger partial charge in [0.15, 0.2) is 5.11 Å². The summed E-state index contributed by atoms with van der Waals surface area (Å²) in [5.74, 6) is -0.224. The molecule has 1 aliphatic rings. The maximum Gasteiger partial charge on any atom is 0.281 e. The Labute approximate surface area is 173 Å². The van der Waals surface area contributed by atoms with Gasteiger partial charge in [0.05, 0.1) is 17.1 Å². The second kappa shape index (κ2) is 7.22. The molecule has 1 saturated heterocycles. The third-order valence-electron chi connectivity index (χ3n) is 4.48. The Morgan fingerprint density at radius 1 is 1.07 bits per heavy atom. The lowest BCUT2D eigenvalue weighted by Crippen LogP contribution is -2.30. The van der Waals surface area contributed by atoms with Crippen molar-refractivity contribution in [2.45, 2.75) is 13.8 Å². The van der Waals surface area contributed by atoms with Gasteiger partial charge in [0.2, 0.25) is 0 Å². The van der Waals surface area contributed by atoms with E-state index >= 15 is 0 Å². The van der Waals surface area contributed by atoms with Gasteiger partial charge in [0.1, 0.15) is 10.9 Å². The zero-order chi connectivity index (χ0) is 19.8. The molecule has 0 atom stereocenters. The van der Waals surface area contributed by atoms with Gasteiger partial charge in [-0.25, -0.2) is 4.68 Å². The molecular formula is C21H17ClN4OS. The Kier molecular flexibility index (Phi) is 4.75. The highest BCUT2D eigenvalue weighted by Crippen LogP contribution is 2.28. The number of para-hydroxylation sites is 1. The number of nitrogens with zero attached hydrogens (tertiary/aromatic N) is 3. The predicted molar refractivity (Wildman–Crippen MR) is 116 cm³/mol. The number of aryl methyl sites for hydroxylation is 2. The summed E-state index contributed by atoms with van der Waals surface area (Å²) in [4.78, 5) is 14.5. The number of rotatable bonds is 3. The number of nitrogens with one attached hydrogen (secondary N) is 1. The van der Waals surface area contributed by atoms with Crippen molar-refractivity contribution in [2.75, 3.05) is 4.90 Å². The van der Waals surface area contributed by atoms with Crippen molar-refractivity contribution in [2.24, 2.45) is 0 Å². The van der Waals surface area contributed by atoms with E-state index in [-0.39, 0.29) is 5.91 Å². The number of amides is 1. The van der Waals surface area contributed by atoms with E-state index in [4.69, 9.17) is 23.8 Å². The molecule has 1 fully saturated rings. The molecule has 0 saturated carbocycles. The Bertz CT molecular complexity index is 1120. The fourth-order valence-corrected chi connectivity index (χ4v) is 3.72. The van der Waals surface area contributed by atoms with Crippen molar-refractivity contribution in [3.63, 3.8) is 0 Å². The van der Waals surface area contributed by atoms with Gasteiger partial charge in [0.25, 0.3) is 5.91 Å². The number of anilines is 1. The zero-order valence-electron chi connectivity index (χ0n) is 15.3. The highest BCUT2D eigenvalue weighted by Gasteiger charge is 2.32. The molecule has 1 amide bonds. The first-order chi connectivity index (χ1) is 13.5. The van der Waals surface area contributed by atoms with Gasteiger partial charge in [-0.3, -0.25) is 9.69 Å². The number of aromatic nitrogens is 2. The Balaban J connectivity index is 1.72. The number of carbonyl (C=O) groups excluding carboxylic acids is 1. The number of benzene rings is 2. The van der Waals surface area contributed by atoms with Gasteiger partial charge in [0, 0.05) is 5.56 Å². The summed E-state index contributed by atoms with van der Waals surface area (Å²) in [7, 11) is 0. The van der Waals surface area contributed by atoms with Gasteiger partial charge in [-0.05, 0) is 62.0 Å². The van der Waals surface area contributed by atoms with Crippen LogP contribution in [-0.2, 0) is 4.79 Å². The molecule has 0 bridgehead atoms. The van der Waals surface area contributed by atoms with Crippen LogP contribution in [0, 0.1) is 13.8 Å². The standard InChI is InChI=1S/C21H17ClN4OS/c1-13-7-6-10-16(11-13)25-20(27)18(23-21(25)28)12-17-14(2)24-26(19(17)22)15-8-4-3-5-9-15/h3-12H,1-2H3,(H,23,28)/b18-12-. The van der Waals surface area contributed by atoms with Crippen LogP contribution in [0.4, 0.5) is 5.69 Å². The number of thiocarbonyl (C=S) groups is 1. The Morgan fingerprint density at radius 3 is 2.50 bits per heavy atom. The quantitative estimate of drug-likeness (QED) is 0.515. The van der Waals surface area contributed by atoms with Crippen molar-refractivity contribution in [1.82, 2.24) is 15.1 Å². The Hall–Kier alpha value is -2.96. The van der Waals surface area contributed by atoms with E-state index in [0.717, 1.165) is 22.6 Å². The molecule has 1 N–H and O–H groups in total. The molecule has 1 aliphatic heterocycles. The molecule has 0 aliphatic carbocycles. The van der Waals surface area contributed by atoms with Crippen LogP contribution < -0.4 is 10.2 Å². The number of carbonyl (C=O) groups is 1. The normalized spacial score (nSPS) is 15.4. The van der Waals surface area contributed by atoms with E-state index in [1.807, 2.05) is 68.4 Å². The fourth-order valence-electron chi connectivity index (χ4n) is 3.10. The topological polar surface area (TPSA) is 50.2 Å². The van der Waals surface area contributed by atoms with Crippen LogP contribution >= 0.6 is 23.8 Å². The van der Waals surface area contributed by atoms with Crippen LogP contribution in [0.25, 0.3) is 11.8 Å². The molecule has 28 heavy (non-hydrogen) atoms. The van der Waals surface area contributed by atoms with Gasteiger partial charge in [-0.1, -0.05) is 41.9 Å². The number of hydrogen-bond donors (Lipinski definition) is 1. The van der Waals surface area contributed by atoms with Crippen molar-refractivity contribution in [3.8, 4) is 5.69 Å². The van der Waals surface area contributed by atoms with Crippen molar-refractivity contribution < 1.29 is 4.79 Å². The summed E-state index contributed by atoms with van der Waals surface area (Å²) in [6.45, 7) is 3.83. The molecule has 140 valence electrons. The smallest absolute Gasteiger partial charge is 0.281 e. The average molecular weight is 409 g/mol. The van der Waals surface area contributed by atoms with E-state index in [9.17, 15) is 4.79 Å². The van der Waals surface area contributed by atoms with Crippen molar-refractivity contribution in [1.29, 1.82) is 0 Å². The van der Waals surface area contributed by atoms with Crippen LogP contribution in [0.3, 0.4) is 0 Å². The molecule has 1 aromatic heterocycles. The molecule has 0 radical (unpaired) electrons. The maximum absolute atomic E-state index is 13.0. The highest BCUT2D eigenvalue weighted by atomic mass is 35.5. The summed E-state index contributed by atoms with van der Waals surface area (Å²) in [5.41, 5.74) is 4.39. The van der Waals surface area contributed by atoms with Crippen LogP contribution in [0.2, 0.25) is 5.15 Å². The maximum atomic E-state index is 13.0. The SMILES string of the molecule is Cc1cccc(N2C(=O)/C(=C/c3c(C)nn(-c4ccccc4)c3Cl)NC2=S)c1. The average Bonchev–Trinajstić information content (AvgIpc) is 3.12. The molecule has 0 unspecified atom stereocenters. The first-order valence-corrected chi connectivity index (χ1v) is 9.48. The van der Waals surface area contributed by atoms with E-state index in [0.29, 0.717) is 21.5 Å². The third kappa shape index (κ3) is 3.21. The molecular weight excluding hydrogens is 392 g/mol. The molecule has 0 spiro atoms. The van der Waals surface area contributed by atoms with Crippen LogP contribution in [0.1, 0.15) is 16.8 Å². The van der Waals surface area contributed by atoms with Crippen molar-refractivity contribution >= 4 is 46.6 Å². The van der Waals surface area contributed by atoms with E-state index in [1.54, 1.807) is 10.8 Å². The van der Waals surface area contributed by atoms with E-state index in [2.05, 4.69) is 10.4 Å². The van der Waals surface area contributed by atoms with Crippen molar-refractivity contribution in [3.05, 3.63) is 82.3 Å². The van der Waals surface area contributed by atoms with Crippen LogP contribution in [0.15, 0.2) is 60.3 Å². The Morgan fingerprint density at radius 2 is 1.79 bits per heavy atom. The summed E-state index contributed by atoms with van der Waals surface area (Å²) >= 11 is 12.0. The lowest BCUT2D eigenvalue weighted by atomic mass is 10.2. The summed E-state index contributed by atoms with van der Waals surface area (Å²) in [5, 5.41) is 8.28. The van der Waals surface area contributed by atoms with Gasteiger partial charge >= 0.3 is 0 Å². The first-order valence-electron chi connectivity index (χ1n) is 8.70. The summed E-state index contributed by atoms with van der Waals surface area (Å²) in [6, 6.07) is 17.2. The molecule has 3 aromatic rings. The minimum absolute atomic E-state index is 0.224. The minimum Gasteiger partial charge on any atom is -0.327 e. The van der Waals surface area contributed by atoms with Gasteiger partial charge < -0.3 is 5.32 Å². The fraction of sp³-hybridized carbons (Fsp3) is 0.0952. The lowest BCUT2D eigenvalue weighted by Gasteiger charge is -2.14. The second-order valence-corrected chi connectivity index (χ2v) is 7.25. The monoisotopic (exact) mass is 408 g/mol. The highest BCUT2D eigenvalue weighted by molar-refractivity contribution is 7.80. The molecule has 5 nitrogen and oxygen atoms in total. The predicted octanol–water partition coefficient (Wildman–Crippen LogP) is 4.40. The minimum atomic E-state index is -0.224. The van der Waals surface area contributed by atoms with Gasteiger partial charge in [-0.15, -0.1) is 0 Å². The van der Waals surface area contributed by atoms with E-state index in [1.165, 1.54) is 4.90 Å².